The number of benzene rings is 1. The van der Waals surface area contributed by atoms with Crippen LogP contribution in [0, 0.1) is 0 Å². The van der Waals surface area contributed by atoms with Crippen molar-refractivity contribution in [1.82, 2.24) is 9.71 Å². The van der Waals surface area contributed by atoms with Gasteiger partial charge in [-0.2, -0.15) is 0 Å². The summed E-state index contributed by atoms with van der Waals surface area (Å²) >= 11 is 0. The second-order valence-corrected chi connectivity index (χ2v) is 10.5. The maximum absolute atomic E-state index is 13.5. The zero-order valence-electron chi connectivity index (χ0n) is 19.1. The van der Waals surface area contributed by atoms with Gasteiger partial charge in [0.1, 0.15) is 5.69 Å². The van der Waals surface area contributed by atoms with E-state index < -0.39 is 10.0 Å². The highest BCUT2D eigenvalue weighted by Gasteiger charge is 2.26. The molecule has 0 aliphatic heterocycles. The molecule has 0 fully saturated rings. The van der Waals surface area contributed by atoms with Crippen molar-refractivity contribution in [2.75, 3.05) is 0 Å². The Hall–Kier alpha value is -2.44. The quantitative estimate of drug-likeness (QED) is 0.453. The number of furan rings is 1. The lowest BCUT2D eigenvalue weighted by Crippen LogP contribution is -2.26. The van der Waals surface area contributed by atoms with Crippen molar-refractivity contribution in [3.63, 3.8) is 0 Å². The molecule has 31 heavy (non-hydrogen) atoms. The number of sulfonamides is 1. The number of hydrogen-bond donors (Lipinski definition) is 1. The number of aromatic nitrogens is 1. The monoisotopic (exact) mass is 440 g/mol. The molecule has 0 unspecified atom stereocenters. The molecule has 0 saturated heterocycles. The summed E-state index contributed by atoms with van der Waals surface area (Å²) < 4.78 is 35.2. The van der Waals surface area contributed by atoms with Gasteiger partial charge in [-0.1, -0.05) is 53.7 Å². The van der Waals surface area contributed by atoms with E-state index >= 15 is 0 Å². The first kappa shape index (κ1) is 23.2. The second kappa shape index (κ2) is 9.37. The fourth-order valence-corrected chi connectivity index (χ4v) is 5.30. The highest BCUT2D eigenvalue weighted by molar-refractivity contribution is 7.89. The third-order valence-corrected chi connectivity index (χ3v) is 6.95. The van der Waals surface area contributed by atoms with Gasteiger partial charge in [0.2, 0.25) is 10.0 Å². The van der Waals surface area contributed by atoms with Crippen molar-refractivity contribution in [3.05, 3.63) is 71.1 Å². The summed E-state index contributed by atoms with van der Waals surface area (Å²) in [5.74, 6) is 1.17. The first-order valence-corrected chi connectivity index (χ1v) is 12.2. The minimum absolute atomic E-state index is 0.0919. The summed E-state index contributed by atoms with van der Waals surface area (Å²) in [6.45, 7) is 12.6. The van der Waals surface area contributed by atoms with Gasteiger partial charge in [-0.3, -0.25) is 4.98 Å². The van der Waals surface area contributed by atoms with Crippen molar-refractivity contribution < 1.29 is 12.8 Å². The van der Waals surface area contributed by atoms with Gasteiger partial charge < -0.3 is 4.42 Å². The van der Waals surface area contributed by atoms with E-state index in [1.54, 1.807) is 18.5 Å². The highest BCUT2D eigenvalue weighted by Crippen LogP contribution is 2.35. The molecular formula is C25H32N2O3S. The van der Waals surface area contributed by atoms with Gasteiger partial charge in [-0.25, -0.2) is 13.1 Å². The molecular weight excluding hydrogens is 408 g/mol. The normalized spacial score (nSPS) is 12.3. The Balaban J connectivity index is 1.97. The summed E-state index contributed by atoms with van der Waals surface area (Å²) in [5, 5.41) is 0. The molecule has 0 radical (unpaired) electrons. The number of hydrogen-bond acceptors (Lipinski definition) is 4. The Morgan fingerprint density at radius 2 is 1.58 bits per heavy atom. The number of pyridine rings is 1. The van der Waals surface area contributed by atoms with Crippen LogP contribution in [-0.2, 0) is 16.6 Å². The van der Waals surface area contributed by atoms with Crippen LogP contribution in [0.1, 0.15) is 81.5 Å². The van der Waals surface area contributed by atoms with Crippen molar-refractivity contribution >= 4 is 10.0 Å². The third-order valence-electron chi connectivity index (χ3n) is 5.41. The summed E-state index contributed by atoms with van der Waals surface area (Å²) in [6.07, 6.45) is 3.26. The molecule has 0 saturated carbocycles. The molecule has 6 heteroatoms. The molecule has 2 aromatic heterocycles. The van der Waals surface area contributed by atoms with Crippen LogP contribution < -0.4 is 4.72 Å². The van der Waals surface area contributed by atoms with Gasteiger partial charge >= 0.3 is 0 Å². The summed E-state index contributed by atoms with van der Waals surface area (Å²) in [5.41, 5.74) is 4.40. The summed E-state index contributed by atoms with van der Waals surface area (Å²) in [7, 11) is -3.71. The van der Waals surface area contributed by atoms with Crippen molar-refractivity contribution in [3.8, 4) is 11.5 Å². The Bertz CT molecular complexity index is 1100. The van der Waals surface area contributed by atoms with Crippen LogP contribution >= 0.6 is 0 Å². The molecule has 0 spiro atoms. The van der Waals surface area contributed by atoms with Gasteiger partial charge in [-0.15, -0.1) is 0 Å². The lowest BCUT2D eigenvalue weighted by molar-refractivity contribution is 0.575. The lowest BCUT2D eigenvalue weighted by Gasteiger charge is -2.23. The second-order valence-electron chi connectivity index (χ2n) is 8.84. The van der Waals surface area contributed by atoms with Gasteiger partial charge in [-0.05, 0) is 64.3 Å². The van der Waals surface area contributed by atoms with E-state index in [0.717, 1.165) is 16.7 Å². The zero-order valence-corrected chi connectivity index (χ0v) is 20.0. The molecule has 1 N–H and O–H groups in total. The Morgan fingerprint density at radius 3 is 2.10 bits per heavy atom. The van der Waals surface area contributed by atoms with Crippen LogP contribution in [-0.4, -0.2) is 13.4 Å². The fraction of sp³-hybridized carbons (Fsp3) is 0.400. The number of rotatable bonds is 8. The SMILES string of the molecule is CC(C)c1cc(C(C)C)c(S(=O)(=O)NCc2ccnc(-c3ccco3)c2)c(C(C)C)c1. The van der Waals surface area contributed by atoms with E-state index in [0.29, 0.717) is 22.3 Å². The molecule has 0 aliphatic rings. The zero-order chi connectivity index (χ0) is 22.8. The molecule has 1 aromatic carbocycles. The maximum atomic E-state index is 13.5. The first-order valence-electron chi connectivity index (χ1n) is 10.8. The molecule has 5 nitrogen and oxygen atoms in total. The number of nitrogens with zero attached hydrogens (tertiary/aromatic N) is 1. The van der Waals surface area contributed by atoms with Crippen LogP contribution in [0.4, 0.5) is 0 Å². The first-order chi connectivity index (χ1) is 14.6. The topological polar surface area (TPSA) is 72.2 Å². The van der Waals surface area contributed by atoms with Crippen LogP contribution in [0.2, 0.25) is 0 Å². The molecule has 2 heterocycles. The maximum Gasteiger partial charge on any atom is 0.241 e. The van der Waals surface area contributed by atoms with E-state index in [1.807, 2.05) is 45.9 Å². The van der Waals surface area contributed by atoms with E-state index in [9.17, 15) is 8.42 Å². The van der Waals surface area contributed by atoms with Crippen molar-refractivity contribution in [2.45, 2.75) is 70.7 Å². The van der Waals surface area contributed by atoms with Crippen LogP contribution in [0.15, 0.2) is 58.2 Å². The van der Waals surface area contributed by atoms with Gasteiger partial charge in [0, 0.05) is 12.7 Å². The van der Waals surface area contributed by atoms with Crippen LogP contribution in [0.3, 0.4) is 0 Å². The van der Waals surface area contributed by atoms with Gasteiger partial charge in [0.05, 0.1) is 11.2 Å². The average molecular weight is 441 g/mol. The molecule has 3 aromatic rings. The Labute approximate surface area is 186 Å². The molecule has 0 atom stereocenters. The molecule has 0 aliphatic carbocycles. The lowest BCUT2D eigenvalue weighted by atomic mass is 9.89. The molecule has 0 amide bonds. The van der Waals surface area contributed by atoms with Gasteiger partial charge in [0.25, 0.3) is 0 Å². The van der Waals surface area contributed by atoms with Crippen molar-refractivity contribution in [1.29, 1.82) is 0 Å². The largest absolute Gasteiger partial charge is 0.463 e. The predicted octanol–water partition coefficient (Wildman–Crippen LogP) is 6.19. The fourth-order valence-electron chi connectivity index (χ4n) is 3.59. The van der Waals surface area contributed by atoms with E-state index in [-0.39, 0.29) is 18.4 Å². The van der Waals surface area contributed by atoms with E-state index in [1.165, 1.54) is 5.56 Å². The van der Waals surface area contributed by atoms with E-state index in [4.69, 9.17) is 4.42 Å². The smallest absolute Gasteiger partial charge is 0.241 e. The van der Waals surface area contributed by atoms with Crippen molar-refractivity contribution in [2.24, 2.45) is 0 Å². The van der Waals surface area contributed by atoms with Crippen LogP contribution in [0.25, 0.3) is 11.5 Å². The standard InChI is InChI=1S/C25H32N2O3S/c1-16(2)20-13-21(17(3)4)25(22(14-20)18(5)6)31(28,29)27-15-19-9-10-26-23(12-19)24-8-7-11-30-24/h7-14,16-18,27H,15H2,1-6H3. The van der Waals surface area contributed by atoms with E-state index in [2.05, 4.69) is 35.7 Å². The number of nitrogens with one attached hydrogen (secondary N) is 1. The van der Waals surface area contributed by atoms with Crippen LogP contribution in [0.5, 0.6) is 0 Å². The summed E-state index contributed by atoms with van der Waals surface area (Å²) in [6, 6.07) is 11.4. The molecule has 166 valence electrons. The minimum atomic E-state index is -3.71. The third kappa shape index (κ3) is 5.25. The minimum Gasteiger partial charge on any atom is -0.463 e. The molecule has 3 rings (SSSR count). The predicted molar refractivity (Wildman–Crippen MR) is 125 cm³/mol. The Morgan fingerprint density at radius 1 is 0.935 bits per heavy atom. The van der Waals surface area contributed by atoms with Gasteiger partial charge in [0.15, 0.2) is 5.76 Å². The summed E-state index contributed by atoms with van der Waals surface area (Å²) in [4.78, 5) is 4.73. The average Bonchev–Trinajstić information content (AvgIpc) is 3.26. The highest BCUT2D eigenvalue weighted by atomic mass is 32.2. The molecule has 0 bridgehead atoms. The Kier molecular flexibility index (Phi) is 7.02.